The van der Waals surface area contributed by atoms with Crippen LogP contribution in [-0.2, 0) is 7.05 Å². The van der Waals surface area contributed by atoms with E-state index in [1.165, 1.54) is 0 Å². The van der Waals surface area contributed by atoms with Gasteiger partial charge in [0.1, 0.15) is 0 Å². The van der Waals surface area contributed by atoms with Crippen LogP contribution in [0, 0.1) is 6.92 Å². The third-order valence-corrected chi connectivity index (χ3v) is 1.88. The molecule has 14 heavy (non-hydrogen) atoms. The Morgan fingerprint density at radius 2 is 2.29 bits per heavy atom. The lowest BCUT2D eigenvalue weighted by atomic mass is 10.2. The summed E-state index contributed by atoms with van der Waals surface area (Å²) in [5.74, 6) is 0. The Morgan fingerprint density at radius 3 is 2.86 bits per heavy atom. The van der Waals surface area contributed by atoms with Crippen LogP contribution in [0.15, 0.2) is 23.3 Å². The van der Waals surface area contributed by atoms with Gasteiger partial charge in [0.15, 0.2) is 0 Å². The molecule has 0 saturated heterocycles. The zero-order valence-corrected chi connectivity index (χ0v) is 7.98. The quantitative estimate of drug-likeness (QED) is 0.711. The summed E-state index contributed by atoms with van der Waals surface area (Å²) >= 11 is 0. The van der Waals surface area contributed by atoms with Crippen LogP contribution in [0.1, 0.15) is 5.69 Å². The molecule has 2 aromatic rings. The Bertz CT molecular complexity index is 512. The first-order valence-electron chi connectivity index (χ1n) is 4.22. The summed E-state index contributed by atoms with van der Waals surface area (Å²) in [5, 5.41) is 4.02. The van der Waals surface area contributed by atoms with Crippen LogP contribution in [0.3, 0.4) is 0 Å². The van der Waals surface area contributed by atoms with E-state index in [4.69, 9.17) is 0 Å². The second-order valence-electron chi connectivity index (χ2n) is 3.16. The van der Waals surface area contributed by atoms with Crippen LogP contribution in [0.25, 0.3) is 11.3 Å². The molecule has 0 aliphatic carbocycles. The van der Waals surface area contributed by atoms with Gasteiger partial charge >= 0.3 is 5.69 Å². The van der Waals surface area contributed by atoms with Gasteiger partial charge in [-0.25, -0.2) is 4.79 Å². The summed E-state index contributed by atoms with van der Waals surface area (Å²) in [6, 6.07) is 1.82. The van der Waals surface area contributed by atoms with Gasteiger partial charge in [0.05, 0.1) is 11.9 Å². The van der Waals surface area contributed by atoms with E-state index >= 15 is 0 Å². The van der Waals surface area contributed by atoms with E-state index in [0.717, 1.165) is 11.3 Å². The molecule has 72 valence electrons. The molecule has 0 aromatic carbocycles. The molecular weight excluding hydrogens is 180 g/mol. The summed E-state index contributed by atoms with van der Waals surface area (Å²) in [7, 11) is 1.82. The fraction of sp³-hybridized carbons (Fsp3) is 0.222. The molecule has 0 amide bonds. The summed E-state index contributed by atoms with van der Waals surface area (Å²) in [4.78, 5) is 17.5. The first kappa shape index (κ1) is 8.68. The van der Waals surface area contributed by atoms with E-state index in [9.17, 15) is 4.79 Å². The first-order chi connectivity index (χ1) is 6.65. The molecule has 0 unspecified atom stereocenters. The molecule has 0 saturated carbocycles. The molecular formula is C9H10N4O. The van der Waals surface area contributed by atoms with Crippen molar-refractivity contribution in [3.63, 3.8) is 0 Å². The average Bonchev–Trinajstić information content (AvgIpc) is 2.50. The summed E-state index contributed by atoms with van der Waals surface area (Å²) in [6.07, 6.45) is 3.50. The van der Waals surface area contributed by atoms with E-state index in [2.05, 4.69) is 15.1 Å². The van der Waals surface area contributed by atoms with Crippen molar-refractivity contribution < 1.29 is 0 Å². The van der Waals surface area contributed by atoms with Crippen molar-refractivity contribution in [3.8, 4) is 11.3 Å². The minimum Gasteiger partial charge on any atom is -0.310 e. The Labute approximate surface area is 80.4 Å². The summed E-state index contributed by atoms with van der Waals surface area (Å²) in [6.45, 7) is 1.82. The topological polar surface area (TPSA) is 63.6 Å². The molecule has 0 aliphatic heterocycles. The van der Waals surface area contributed by atoms with Crippen molar-refractivity contribution in [1.82, 2.24) is 19.7 Å². The van der Waals surface area contributed by atoms with Gasteiger partial charge in [0, 0.05) is 24.5 Å². The van der Waals surface area contributed by atoms with Crippen LogP contribution >= 0.6 is 0 Å². The molecule has 0 fully saturated rings. The van der Waals surface area contributed by atoms with Crippen LogP contribution in [0.5, 0.6) is 0 Å². The number of H-pyrrole nitrogens is 1. The smallest absolute Gasteiger partial charge is 0.310 e. The van der Waals surface area contributed by atoms with E-state index < -0.39 is 0 Å². The second kappa shape index (κ2) is 3.10. The van der Waals surface area contributed by atoms with Crippen molar-refractivity contribution >= 4 is 0 Å². The lowest BCUT2D eigenvalue weighted by Gasteiger charge is -1.96. The first-order valence-corrected chi connectivity index (χ1v) is 4.22. The van der Waals surface area contributed by atoms with Crippen LogP contribution in [0.4, 0.5) is 0 Å². The van der Waals surface area contributed by atoms with E-state index in [1.807, 2.05) is 26.2 Å². The lowest BCUT2D eigenvalue weighted by molar-refractivity contribution is 0.768. The molecule has 5 nitrogen and oxygen atoms in total. The zero-order valence-electron chi connectivity index (χ0n) is 7.98. The molecule has 0 aliphatic rings. The van der Waals surface area contributed by atoms with Crippen molar-refractivity contribution in [2.75, 3.05) is 0 Å². The number of nitrogens with one attached hydrogen (secondary N) is 1. The minimum absolute atomic E-state index is 0.330. The molecule has 2 heterocycles. The van der Waals surface area contributed by atoms with Gasteiger partial charge in [-0.15, -0.1) is 0 Å². The SMILES string of the molecule is Cc1cc(-c2cnn(C)c2)nc(=O)[nH]1. The second-order valence-corrected chi connectivity index (χ2v) is 3.16. The highest BCUT2D eigenvalue weighted by Crippen LogP contribution is 2.13. The number of rotatable bonds is 1. The molecule has 2 rings (SSSR count). The lowest BCUT2D eigenvalue weighted by Crippen LogP contribution is -2.11. The Balaban J connectivity index is 2.56. The van der Waals surface area contributed by atoms with Crippen LogP contribution in [-0.4, -0.2) is 19.7 Å². The van der Waals surface area contributed by atoms with Gasteiger partial charge < -0.3 is 4.98 Å². The molecule has 0 spiro atoms. The fourth-order valence-electron chi connectivity index (χ4n) is 1.28. The van der Waals surface area contributed by atoms with Gasteiger partial charge in [0.25, 0.3) is 0 Å². The molecule has 0 radical (unpaired) electrons. The van der Waals surface area contributed by atoms with Crippen molar-refractivity contribution in [3.05, 3.63) is 34.6 Å². The zero-order chi connectivity index (χ0) is 10.1. The van der Waals surface area contributed by atoms with E-state index in [1.54, 1.807) is 10.9 Å². The largest absolute Gasteiger partial charge is 0.345 e. The Hall–Kier alpha value is -1.91. The molecule has 0 atom stereocenters. The van der Waals surface area contributed by atoms with Gasteiger partial charge in [-0.1, -0.05) is 0 Å². The maximum absolute atomic E-state index is 11.1. The Kier molecular flexibility index (Phi) is 1.92. The number of aryl methyl sites for hydroxylation is 2. The summed E-state index contributed by atoms with van der Waals surface area (Å²) < 4.78 is 1.67. The molecule has 5 heteroatoms. The van der Waals surface area contributed by atoms with Gasteiger partial charge in [-0.3, -0.25) is 4.68 Å². The summed E-state index contributed by atoms with van der Waals surface area (Å²) in [5.41, 5.74) is 1.97. The predicted octanol–water partition coefficient (Wildman–Crippen LogP) is 0.479. The predicted molar refractivity (Wildman–Crippen MR) is 51.8 cm³/mol. The molecule has 0 bridgehead atoms. The third kappa shape index (κ3) is 1.56. The fourth-order valence-corrected chi connectivity index (χ4v) is 1.28. The minimum atomic E-state index is -0.330. The van der Waals surface area contributed by atoms with Crippen molar-refractivity contribution in [1.29, 1.82) is 0 Å². The number of nitrogens with zero attached hydrogens (tertiary/aromatic N) is 3. The Morgan fingerprint density at radius 1 is 1.50 bits per heavy atom. The van der Waals surface area contributed by atoms with E-state index in [0.29, 0.717) is 5.69 Å². The van der Waals surface area contributed by atoms with Gasteiger partial charge in [-0.2, -0.15) is 10.1 Å². The number of aromatic amines is 1. The van der Waals surface area contributed by atoms with Crippen LogP contribution < -0.4 is 5.69 Å². The van der Waals surface area contributed by atoms with Gasteiger partial charge in [-0.05, 0) is 13.0 Å². The van der Waals surface area contributed by atoms with Crippen LogP contribution in [0.2, 0.25) is 0 Å². The average molecular weight is 190 g/mol. The maximum Gasteiger partial charge on any atom is 0.345 e. The standard InChI is InChI=1S/C9H10N4O/c1-6-3-8(12-9(14)11-6)7-4-10-13(2)5-7/h3-5H,1-2H3,(H,11,12,14). The number of aromatic nitrogens is 4. The highest BCUT2D eigenvalue weighted by atomic mass is 16.1. The highest BCUT2D eigenvalue weighted by Gasteiger charge is 2.03. The monoisotopic (exact) mass is 190 g/mol. The molecule has 1 N–H and O–H groups in total. The van der Waals surface area contributed by atoms with Gasteiger partial charge in [0.2, 0.25) is 0 Å². The maximum atomic E-state index is 11.1. The van der Waals surface area contributed by atoms with E-state index in [-0.39, 0.29) is 5.69 Å². The molecule has 2 aromatic heterocycles. The van der Waals surface area contributed by atoms with Crippen molar-refractivity contribution in [2.45, 2.75) is 6.92 Å². The highest BCUT2D eigenvalue weighted by molar-refractivity contribution is 5.56. The third-order valence-electron chi connectivity index (χ3n) is 1.88. The number of hydrogen-bond acceptors (Lipinski definition) is 3. The normalized spacial score (nSPS) is 10.4. The number of hydrogen-bond donors (Lipinski definition) is 1. The van der Waals surface area contributed by atoms with Crippen molar-refractivity contribution in [2.24, 2.45) is 7.05 Å².